The van der Waals surface area contributed by atoms with Crippen LogP contribution in [0.1, 0.15) is 18.4 Å². The fourth-order valence-electron chi connectivity index (χ4n) is 4.75. The number of nitrogens with one attached hydrogen (secondary N) is 4. The predicted octanol–water partition coefficient (Wildman–Crippen LogP) is 5.31. The van der Waals surface area contributed by atoms with Gasteiger partial charge in [0.05, 0.1) is 30.3 Å². The third-order valence-corrected chi connectivity index (χ3v) is 6.82. The number of anilines is 4. The molecule has 43 heavy (non-hydrogen) atoms. The van der Waals surface area contributed by atoms with Gasteiger partial charge >= 0.3 is 6.03 Å². The number of urea groups is 1. The van der Waals surface area contributed by atoms with Crippen LogP contribution < -0.4 is 20.9 Å². The molecule has 0 aliphatic carbocycles. The lowest BCUT2D eigenvalue weighted by molar-refractivity contribution is -0.114. The van der Waals surface area contributed by atoms with E-state index in [1.54, 1.807) is 37.5 Å². The summed E-state index contributed by atoms with van der Waals surface area (Å²) < 4.78 is 20.0. The van der Waals surface area contributed by atoms with E-state index in [1.807, 2.05) is 18.2 Å². The molecule has 1 aliphatic rings. The van der Waals surface area contributed by atoms with Gasteiger partial charge in [0.25, 0.3) is 0 Å². The van der Waals surface area contributed by atoms with E-state index < -0.39 is 11.8 Å². The second kappa shape index (κ2) is 13.2. The van der Waals surface area contributed by atoms with Gasteiger partial charge in [-0.15, -0.1) is 0 Å². The molecule has 1 aliphatic heterocycles. The largest absolute Gasteiger partial charge is 0.378 e. The normalized spacial score (nSPS) is 14.0. The number of carbonyl (C=O) groups is 2. The molecule has 12 heteroatoms. The van der Waals surface area contributed by atoms with Gasteiger partial charge in [0, 0.05) is 61.8 Å². The number of rotatable bonds is 8. The van der Waals surface area contributed by atoms with E-state index in [0.717, 1.165) is 33.9 Å². The summed E-state index contributed by atoms with van der Waals surface area (Å²) in [6.45, 7) is 3.94. The number of carbonyl (C=O) groups excluding carboxylic acids is 2. The van der Waals surface area contributed by atoms with Crippen LogP contribution in [0.15, 0.2) is 65.7 Å². The van der Waals surface area contributed by atoms with Crippen molar-refractivity contribution in [2.24, 2.45) is 4.99 Å². The number of ether oxygens (including phenoxy) is 1. The van der Waals surface area contributed by atoms with Crippen molar-refractivity contribution in [2.45, 2.75) is 12.8 Å². The van der Waals surface area contributed by atoms with Crippen LogP contribution in [0.4, 0.5) is 32.1 Å². The van der Waals surface area contributed by atoms with E-state index in [4.69, 9.17) is 20.1 Å². The fraction of sp³-hybridized carbons (Fsp3) is 0.226. The van der Waals surface area contributed by atoms with E-state index in [2.05, 4.69) is 25.8 Å². The Morgan fingerprint density at radius 2 is 1.74 bits per heavy atom. The van der Waals surface area contributed by atoms with Crippen molar-refractivity contribution < 1.29 is 18.7 Å². The smallest absolute Gasteiger partial charge is 0.323 e. The summed E-state index contributed by atoms with van der Waals surface area (Å²) in [6, 6.07) is 16.3. The van der Waals surface area contributed by atoms with Crippen LogP contribution in [0.2, 0.25) is 0 Å². The SMILES string of the molecule is CN=CC(C=N)c1ccc2c(N3CCOCC3)nc(-c3ccc(NC(=O)Nc4ccc(NC(C)=O)cc4F)cc3)nc2c1. The highest BCUT2D eigenvalue weighted by molar-refractivity contribution is 6.00. The highest BCUT2D eigenvalue weighted by Crippen LogP contribution is 2.31. The molecule has 0 radical (unpaired) electrons. The molecule has 0 spiro atoms. The molecule has 1 atom stereocenters. The highest BCUT2D eigenvalue weighted by atomic mass is 19.1. The standard InChI is InChI=1S/C31H31FN8O3/c1-19(41)35-24-8-10-27(26(32)16-24)38-31(42)36-23-6-3-20(4-7-23)29-37-28-15-21(22(17-33)18-34-2)5-9-25(28)30(39-29)40-11-13-43-14-12-40/h3-10,15-18,22,33H,11-14H2,1-2H3,(H,35,41)(H2,36,38,42). The molecule has 2 heterocycles. The summed E-state index contributed by atoms with van der Waals surface area (Å²) in [7, 11) is 1.68. The predicted molar refractivity (Wildman–Crippen MR) is 167 cm³/mol. The van der Waals surface area contributed by atoms with Crippen LogP contribution in [0, 0.1) is 11.2 Å². The number of amides is 3. The van der Waals surface area contributed by atoms with Crippen molar-refractivity contribution >= 4 is 58.2 Å². The molecule has 0 saturated carbocycles. The molecule has 1 saturated heterocycles. The van der Waals surface area contributed by atoms with E-state index >= 15 is 0 Å². The quantitative estimate of drug-likeness (QED) is 0.207. The molecule has 1 fully saturated rings. The Balaban J connectivity index is 1.39. The molecule has 1 aromatic heterocycles. The van der Waals surface area contributed by atoms with Crippen LogP contribution in [0.25, 0.3) is 22.3 Å². The van der Waals surface area contributed by atoms with Crippen molar-refractivity contribution in [3.8, 4) is 11.4 Å². The summed E-state index contributed by atoms with van der Waals surface area (Å²) in [6.07, 6.45) is 3.06. The van der Waals surface area contributed by atoms with Gasteiger partial charge in [-0.1, -0.05) is 6.07 Å². The van der Waals surface area contributed by atoms with E-state index in [-0.39, 0.29) is 17.5 Å². The zero-order chi connectivity index (χ0) is 30.3. The summed E-state index contributed by atoms with van der Waals surface area (Å²) in [5, 5.41) is 16.4. The van der Waals surface area contributed by atoms with Crippen molar-refractivity contribution in [3.05, 3.63) is 72.0 Å². The van der Waals surface area contributed by atoms with Gasteiger partial charge in [0.15, 0.2) is 5.82 Å². The maximum Gasteiger partial charge on any atom is 0.323 e. The number of morpholine rings is 1. The van der Waals surface area contributed by atoms with Gasteiger partial charge in [-0.05, 0) is 60.2 Å². The molecule has 4 N–H and O–H groups in total. The lowest BCUT2D eigenvalue weighted by Crippen LogP contribution is -2.37. The van der Waals surface area contributed by atoms with Crippen molar-refractivity contribution in [1.82, 2.24) is 9.97 Å². The number of nitrogens with zero attached hydrogens (tertiary/aromatic N) is 4. The lowest BCUT2D eigenvalue weighted by atomic mass is 9.99. The number of benzene rings is 3. The third-order valence-electron chi connectivity index (χ3n) is 6.82. The Kier molecular flexibility index (Phi) is 8.96. The van der Waals surface area contributed by atoms with Crippen LogP contribution in [-0.2, 0) is 9.53 Å². The molecule has 220 valence electrons. The highest BCUT2D eigenvalue weighted by Gasteiger charge is 2.19. The Morgan fingerprint density at radius 1 is 1.00 bits per heavy atom. The molecular weight excluding hydrogens is 551 g/mol. The summed E-state index contributed by atoms with van der Waals surface area (Å²) in [5.74, 6) is 0.0477. The van der Waals surface area contributed by atoms with Gasteiger partial charge in [0.2, 0.25) is 5.91 Å². The zero-order valence-corrected chi connectivity index (χ0v) is 23.7. The number of fused-ring (bicyclic) bond motifs is 1. The maximum absolute atomic E-state index is 14.4. The number of halogens is 1. The first-order valence-corrected chi connectivity index (χ1v) is 13.7. The van der Waals surface area contributed by atoms with Crippen LogP contribution in [-0.4, -0.2) is 67.7 Å². The number of hydrogen-bond donors (Lipinski definition) is 4. The van der Waals surface area contributed by atoms with Crippen LogP contribution in [0.5, 0.6) is 0 Å². The molecule has 3 amide bonds. The van der Waals surface area contributed by atoms with Crippen molar-refractivity contribution in [3.63, 3.8) is 0 Å². The summed E-state index contributed by atoms with van der Waals surface area (Å²) in [4.78, 5) is 39.8. The number of aromatic nitrogens is 2. The lowest BCUT2D eigenvalue weighted by Gasteiger charge is -2.29. The van der Waals surface area contributed by atoms with Gasteiger partial charge in [-0.25, -0.2) is 19.2 Å². The second-order valence-corrected chi connectivity index (χ2v) is 9.88. The molecule has 4 aromatic rings. The molecule has 1 unspecified atom stereocenters. The van der Waals surface area contributed by atoms with E-state index in [1.165, 1.54) is 25.3 Å². The van der Waals surface area contributed by atoms with Crippen molar-refractivity contribution in [2.75, 3.05) is 54.2 Å². The van der Waals surface area contributed by atoms with E-state index in [9.17, 15) is 14.0 Å². The first-order chi connectivity index (χ1) is 20.8. The van der Waals surface area contributed by atoms with Crippen molar-refractivity contribution in [1.29, 1.82) is 5.41 Å². The molecule has 0 bridgehead atoms. The number of aliphatic imine (C=N–C) groups is 1. The van der Waals surface area contributed by atoms with Crippen LogP contribution in [0.3, 0.4) is 0 Å². The Bertz CT molecular complexity index is 1690. The Hall–Kier alpha value is -5.23. The topological polar surface area (TPSA) is 145 Å². The molecule has 5 rings (SSSR count). The fourth-order valence-corrected chi connectivity index (χ4v) is 4.75. The minimum absolute atomic E-state index is 0.0294. The molecule has 11 nitrogen and oxygen atoms in total. The first kappa shape index (κ1) is 29.3. The monoisotopic (exact) mass is 582 g/mol. The minimum Gasteiger partial charge on any atom is -0.378 e. The van der Waals surface area contributed by atoms with E-state index in [0.29, 0.717) is 43.5 Å². The maximum atomic E-state index is 14.4. The number of hydrogen-bond acceptors (Lipinski definition) is 8. The first-order valence-electron chi connectivity index (χ1n) is 13.7. The average Bonchev–Trinajstić information content (AvgIpc) is 3.01. The zero-order valence-electron chi connectivity index (χ0n) is 23.7. The Labute approximate surface area is 247 Å². The molecule has 3 aromatic carbocycles. The molecular formula is C31H31FN8O3. The van der Waals surface area contributed by atoms with Gasteiger partial charge in [-0.2, -0.15) is 0 Å². The van der Waals surface area contributed by atoms with Gasteiger partial charge < -0.3 is 31.0 Å². The average molecular weight is 583 g/mol. The van der Waals surface area contributed by atoms with Gasteiger partial charge in [0.1, 0.15) is 11.6 Å². The minimum atomic E-state index is -0.682. The summed E-state index contributed by atoms with van der Waals surface area (Å²) >= 11 is 0. The second-order valence-electron chi connectivity index (χ2n) is 9.88. The Morgan fingerprint density at radius 3 is 2.42 bits per heavy atom. The summed E-state index contributed by atoms with van der Waals surface area (Å²) in [5.41, 5.74) is 3.13. The van der Waals surface area contributed by atoms with Crippen LogP contribution >= 0.6 is 0 Å². The van der Waals surface area contributed by atoms with Gasteiger partial charge in [-0.3, -0.25) is 9.79 Å². The third kappa shape index (κ3) is 6.99.